The SMILES string of the molecule is COc1ccc([C@@H]2CCCCCN2C(=O)CCn2c(=O)oc3ccccc32)cc1. The highest BCUT2D eigenvalue weighted by Crippen LogP contribution is 2.31. The molecular formula is C23H26N2O4. The van der Waals surface area contributed by atoms with Gasteiger partial charge in [-0.15, -0.1) is 0 Å². The van der Waals surface area contributed by atoms with Crippen LogP contribution in [0.3, 0.4) is 0 Å². The molecule has 1 aliphatic rings. The molecule has 0 aliphatic carbocycles. The summed E-state index contributed by atoms with van der Waals surface area (Å²) < 4.78 is 12.1. The lowest BCUT2D eigenvalue weighted by molar-refractivity contribution is -0.133. The third-order valence-electron chi connectivity index (χ3n) is 5.70. The maximum absolute atomic E-state index is 13.2. The summed E-state index contributed by atoms with van der Waals surface area (Å²) in [4.78, 5) is 27.3. The van der Waals surface area contributed by atoms with E-state index in [1.807, 2.05) is 47.4 Å². The number of fused-ring (bicyclic) bond motifs is 1. The van der Waals surface area contributed by atoms with E-state index in [9.17, 15) is 9.59 Å². The third-order valence-corrected chi connectivity index (χ3v) is 5.70. The number of nitrogens with zero attached hydrogens (tertiary/aromatic N) is 2. The molecule has 1 fully saturated rings. The van der Waals surface area contributed by atoms with Gasteiger partial charge in [0.2, 0.25) is 5.91 Å². The number of rotatable bonds is 5. The van der Waals surface area contributed by atoms with E-state index in [0.29, 0.717) is 12.1 Å². The average molecular weight is 394 g/mol. The van der Waals surface area contributed by atoms with Gasteiger partial charge in [0, 0.05) is 19.5 Å². The predicted molar refractivity (Wildman–Crippen MR) is 111 cm³/mol. The molecule has 29 heavy (non-hydrogen) atoms. The number of amides is 1. The highest BCUT2D eigenvalue weighted by molar-refractivity contribution is 5.77. The number of ether oxygens (including phenoxy) is 1. The van der Waals surface area contributed by atoms with E-state index in [0.717, 1.165) is 49.1 Å². The van der Waals surface area contributed by atoms with E-state index in [1.165, 1.54) is 0 Å². The second-order valence-electron chi connectivity index (χ2n) is 7.46. The number of para-hydroxylation sites is 2. The lowest BCUT2D eigenvalue weighted by Crippen LogP contribution is -2.35. The number of aryl methyl sites for hydroxylation is 1. The second kappa shape index (κ2) is 8.55. The fourth-order valence-electron chi connectivity index (χ4n) is 4.16. The molecule has 6 nitrogen and oxygen atoms in total. The minimum atomic E-state index is -0.415. The van der Waals surface area contributed by atoms with E-state index in [1.54, 1.807) is 17.7 Å². The van der Waals surface area contributed by atoms with Crippen molar-refractivity contribution in [2.75, 3.05) is 13.7 Å². The molecule has 1 atom stereocenters. The Labute approximate surface area is 169 Å². The highest BCUT2D eigenvalue weighted by Gasteiger charge is 2.27. The number of likely N-dealkylation sites (tertiary alicyclic amines) is 1. The van der Waals surface area contributed by atoms with Gasteiger partial charge in [0.05, 0.1) is 18.7 Å². The summed E-state index contributed by atoms with van der Waals surface area (Å²) in [6, 6.07) is 15.3. The quantitative estimate of drug-likeness (QED) is 0.652. The van der Waals surface area contributed by atoms with Gasteiger partial charge in [0.15, 0.2) is 5.58 Å². The Balaban J connectivity index is 1.52. The summed E-state index contributed by atoms with van der Waals surface area (Å²) in [7, 11) is 1.65. The van der Waals surface area contributed by atoms with E-state index < -0.39 is 5.76 Å². The van der Waals surface area contributed by atoms with Crippen molar-refractivity contribution in [3.63, 3.8) is 0 Å². The van der Waals surface area contributed by atoms with Gasteiger partial charge < -0.3 is 14.1 Å². The predicted octanol–water partition coefficient (Wildman–Crippen LogP) is 4.14. The van der Waals surface area contributed by atoms with Crippen LogP contribution in [0.4, 0.5) is 0 Å². The molecule has 1 saturated heterocycles. The summed E-state index contributed by atoms with van der Waals surface area (Å²) in [5, 5.41) is 0. The fourth-order valence-corrected chi connectivity index (χ4v) is 4.16. The van der Waals surface area contributed by atoms with Crippen LogP contribution in [0.2, 0.25) is 0 Å². The number of oxazole rings is 1. The Hall–Kier alpha value is -3.02. The monoisotopic (exact) mass is 394 g/mol. The van der Waals surface area contributed by atoms with E-state index in [4.69, 9.17) is 9.15 Å². The fraction of sp³-hybridized carbons (Fsp3) is 0.391. The number of aromatic nitrogens is 1. The summed E-state index contributed by atoms with van der Waals surface area (Å²) in [5.41, 5.74) is 2.41. The molecule has 4 rings (SSSR count). The van der Waals surface area contributed by atoms with Crippen molar-refractivity contribution in [3.05, 3.63) is 64.6 Å². The molecule has 0 unspecified atom stereocenters. The number of methoxy groups -OCH3 is 1. The van der Waals surface area contributed by atoms with Crippen LogP contribution in [0, 0.1) is 0 Å². The summed E-state index contributed by atoms with van der Waals surface area (Å²) in [6.07, 6.45) is 4.46. The van der Waals surface area contributed by atoms with Gasteiger partial charge in [0.1, 0.15) is 5.75 Å². The van der Waals surface area contributed by atoms with E-state index >= 15 is 0 Å². The molecule has 0 spiro atoms. The van der Waals surface area contributed by atoms with Crippen molar-refractivity contribution >= 4 is 17.0 Å². The van der Waals surface area contributed by atoms with Crippen molar-refractivity contribution in [1.29, 1.82) is 0 Å². The van der Waals surface area contributed by atoms with Crippen LogP contribution in [0.1, 0.15) is 43.7 Å². The number of hydrogen-bond acceptors (Lipinski definition) is 4. The Bertz CT molecular complexity index is 1030. The number of carbonyl (C=O) groups is 1. The minimum absolute atomic E-state index is 0.0636. The molecule has 0 radical (unpaired) electrons. The lowest BCUT2D eigenvalue weighted by Gasteiger charge is -2.30. The van der Waals surface area contributed by atoms with Crippen LogP contribution in [0.5, 0.6) is 5.75 Å². The van der Waals surface area contributed by atoms with Crippen molar-refractivity contribution in [2.45, 2.75) is 44.7 Å². The molecule has 1 amide bonds. The molecule has 0 N–H and O–H groups in total. The zero-order valence-corrected chi connectivity index (χ0v) is 16.7. The first-order chi connectivity index (χ1) is 14.2. The maximum Gasteiger partial charge on any atom is 0.419 e. The average Bonchev–Trinajstić information content (AvgIpc) is 2.91. The van der Waals surface area contributed by atoms with Crippen molar-refractivity contribution < 1.29 is 13.9 Å². The Kier molecular flexibility index (Phi) is 5.69. The van der Waals surface area contributed by atoms with Crippen LogP contribution >= 0.6 is 0 Å². The van der Waals surface area contributed by atoms with Gasteiger partial charge in [0.25, 0.3) is 0 Å². The summed E-state index contributed by atoms with van der Waals surface area (Å²) in [6.45, 7) is 1.07. The largest absolute Gasteiger partial charge is 0.497 e. The number of hydrogen-bond donors (Lipinski definition) is 0. The third kappa shape index (κ3) is 4.06. The standard InChI is InChI=1S/C23H26N2O4/c1-28-18-12-10-17(11-13-18)19-7-3-2-6-15-24(19)22(26)14-16-25-20-8-4-5-9-21(20)29-23(25)27/h4-5,8-13,19H,2-3,6-7,14-16H2,1H3/t19-/m0/s1. The molecule has 0 bridgehead atoms. The van der Waals surface area contributed by atoms with Gasteiger partial charge >= 0.3 is 5.76 Å². The van der Waals surface area contributed by atoms with Gasteiger partial charge in [-0.2, -0.15) is 0 Å². The first kappa shape index (κ1) is 19.3. The Morgan fingerprint density at radius 3 is 2.69 bits per heavy atom. The first-order valence-electron chi connectivity index (χ1n) is 10.2. The minimum Gasteiger partial charge on any atom is -0.497 e. The van der Waals surface area contributed by atoms with Gasteiger partial charge in [-0.1, -0.05) is 37.1 Å². The molecule has 2 aromatic carbocycles. The molecular weight excluding hydrogens is 368 g/mol. The zero-order valence-electron chi connectivity index (χ0n) is 16.7. The van der Waals surface area contributed by atoms with E-state index in [-0.39, 0.29) is 18.4 Å². The molecule has 1 aromatic heterocycles. The maximum atomic E-state index is 13.2. The van der Waals surface area contributed by atoms with Crippen molar-refractivity contribution in [1.82, 2.24) is 9.47 Å². The molecule has 6 heteroatoms. The topological polar surface area (TPSA) is 64.7 Å². The van der Waals surface area contributed by atoms with E-state index in [2.05, 4.69) is 0 Å². The Morgan fingerprint density at radius 1 is 1.10 bits per heavy atom. The number of carbonyl (C=O) groups excluding carboxylic acids is 1. The van der Waals surface area contributed by atoms with Crippen LogP contribution in [-0.2, 0) is 11.3 Å². The summed E-state index contributed by atoms with van der Waals surface area (Å²) >= 11 is 0. The molecule has 1 aliphatic heterocycles. The normalized spacial score (nSPS) is 17.3. The second-order valence-corrected chi connectivity index (χ2v) is 7.46. The molecule has 152 valence electrons. The van der Waals surface area contributed by atoms with Gasteiger partial charge in [-0.25, -0.2) is 4.79 Å². The smallest absolute Gasteiger partial charge is 0.419 e. The van der Waals surface area contributed by atoms with Crippen LogP contribution in [0.15, 0.2) is 57.7 Å². The number of benzene rings is 2. The van der Waals surface area contributed by atoms with Gasteiger partial charge in [-0.3, -0.25) is 9.36 Å². The van der Waals surface area contributed by atoms with Crippen LogP contribution in [-0.4, -0.2) is 29.0 Å². The van der Waals surface area contributed by atoms with Crippen molar-refractivity contribution in [2.24, 2.45) is 0 Å². The Morgan fingerprint density at radius 2 is 1.90 bits per heavy atom. The van der Waals surface area contributed by atoms with Gasteiger partial charge in [-0.05, 0) is 42.7 Å². The first-order valence-corrected chi connectivity index (χ1v) is 10.2. The highest BCUT2D eigenvalue weighted by atomic mass is 16.5. The lowest BCUT2D eigenvalue weighted by atomic mass is 10.0. The molecule has 0 saturated carbocycles. The zero-order chi connectivity index (χ0) is 20.2. The van der Waals surface area contributed by atoms with Crippen molar-refractivity contribution in [3.8, 4) is 5.75 Å². The van der Waals surface area contributed by atoms with Crippen LogP contribution < -0.4 is 10.5 Å². The molecule has 2 heterocycles. The van der Waals surface area contributed by atoms with Crippen LogP contribution in [0.25, 0.3) is 11.1 Å². The summed E-state index contributed by atoms with van der Waals surface area (Å²) in [5.74, 6) is 0.470. The molecule has 3 aromatic rings.